The van der Waals surface area contributed by atoms with Crippen LogP contribution in [0.25, 0.3) is 0 Å². The number of carbonyl (C=O) groups excluding carboxylic acids is 1. The van der Waals surface area contributed by atoms with Gasteiger partial charge in [-0.1, -0.05) is 13.3 Å². The predicted molar refractivity (Wildman–Crippen MR) is 120 cm³/mol. The first kappa shape index (κ1) is 24.0. The molecule has 3 N–H and O–H groups in total. The number of hydrogen-bond donors (Lipinski definition) is 2. The lowest BCUT2D eigenvalue weighted by Crippen LogP contribution is -2.45. The summed E-state index contributed by atoms with van der Waals surface area (Å²) in [6, 6.07) is 4.60. The van der Waals surface area contributed by atoms with Gasteiger partial charge in [0.1, 0.15) is 11.4 Å². The maximum Gasteiger partial charge on any atom is 0.276 e. The second-order valence-corrected chi connectivity index (χ2v) is 9.46. The minimum atomic E-state index is -3.73. The Morgan fingerprint density at radius 3 is 2.62 bits per heavy atom. The molecule has 0 unspecified atom stereocenters. The number of benzene rings is 1. The number of nitrogens with one attached hydrogen (secondary N) is 1. The first-order chi connectivity index (χ1) is 15.3. The van der Waals surface area contributed by atoms with E-state index in [2.05, 4.69) is 10.4 Å². The molecule has 0 aliphatic carbocycles. The number of hydrogen-bond acceptors (Lipinski definition) is 8. The molecule has 1 saturated heterocycles. The lowest BCUT2D eigenvalue weighted by Gasteiger charge is -2.29. The Kier molecular flexibility index (Phi) is 7.75. The Balaban J connectivity index is 2.07. The van der Waals surface area contributed by atoms with Crippen molar-refractivity contribution in [2.24, 2.45) is 10.8 Å². The van der Waals surface area contributed by atoms with Gasteiger partial charge in [-0.2, -0.15) is 9.41 Å². The third-order valence-corrected chi connectivity index (χ3v) is 7.03. The van der Waals surface area contributed by atoms with E-state index in [4.69, 9.17) is 15.2 Å². The predicted octanol–water partition coefficient (Wildman–Crippen LogP) is 1.19. The van der Waals surface area contributed by atoms with Crippen LogP contribution in [-0.2, 0) is 19.6 Å². The van der Waals surface area contributed by atoms with Crippen LogP contribution in [-0.4, -0.2) is 68.9 Å². The molecule has 0 aromatic heterocycles. The molecule has 1 aromatic carbocycles. The molecule has 1 amide bonds. The Labute approximate surface area is 189 Å². The molecule has 32 heavy (non-hydrogen) atoms. The van der Waals surface area contributed by atoms with Crippen molar-refractivity contribution in [2.75, 3.05) is 39.5 Å². The summed E-state index contributed by atoms with van der Waals surface area (Å²) in [6.45, 7) is 7.68. The van der Waals surface area contributed by atoms with Gasteiger partial charge in [0.05, 0.1) is 30.3 Å². The van der Waals surface area contributed by atoms with Crippen molar-refractivity contribution in [3.8, 4) is 5.75 Å². The van der Waals surface area contributed by atoms with Gasteiger partial charge >= 0.3 is 0 Å². The largest absolute Gasteiger partial charge is 0.493 e. The van der Waals surface area contributed by atoms with E-state index in [9.17, 15) is 13.2 Å². The van der Waals surface area contributed by atoms with Crippen LogP contribution in [0.4, 0.5) is 0 Å². The molecule has 0 radical (unpaired) electrons. The van der Waals surface area contributed by atoms with Crippen LogP contribution >= 0.6 is 0 Å². The summed E-state index contributed by atoms with van der Waals surface area (Å²) < 4.78 is 38.7. The average molecular weight is 466 g/mol. The number of amides is 1. The lowest BCUT2D eigenvalue weighted by atomic mass is 10.1. The minimum Gasteiger partial charge on any atom is -0.493 e. The molecule has 2 heterocycles. The fraction of sp³-hybridized carbons (Fsp3) is 0.524. The van der Waals surface area contributed by atoms with Crippen molar-refractivity contribution in [3.05, 3.63) is 35.2 Å². The average Bonchev–Trinajstić information content (AvgIpc) is 2.78. The Morgan fingerprint density at radius 2 is 2.00 bits per heavy atom. The van der Waals surface area contributed by atoms with E-state index in [1.807, 2.05) is 13.8 Å². The second kappa shape index (κ2) is 10.3. The van der Waals surface area contributed by atoms with Gasteiger partial charge in [-0.05, 0) is 38.5 Å². The maximum absolute atomic E-state index is 13.2. The number of morpholine rings is 1. The highest BCUT2D eigenvalue weighted by Crippen LogP contribution is 2.27. The van der Waals surface area contributed by atoms with Crippen molar-refractivity contribution in [1.82, 2.24) is 14.6 Å². The first-order valence-corrected chi connectivity index (χ1v) is 12.2. The molecule has 0 spiro atoms. The first-order valence-electron chi connectivity index (χ1n) is 10.8. The van der Waals surface area contributed by atoms with Gasteiger partial charge in [0, 0.05) is 25.3 Å². The second-order valence-electron chi connectivity index (χ2n) is 7.52. The number of unbranched alkanes of at least 4 members (excludes halogenated alkanes) is 1. The summed E-state index contributed by atoms with van der Waals surface area (Å²) in [7, 11) is -3.73. The number of sulfonamides is 1. The molecular weight excluding hydrogens is 434 g/mol. The summed E-state index contributed by atoms with van der Waals surface area (Å²) in [5.74, 6) is 0.258. The summed E-state index contributed by atoms with van der Waals surface area (Å²) >= 11 is 0. The Hall–Kier alpha value is -2.63. The third-order valence-electron chi connectivity index (χ3n) is 5.14. The summed E-state index contributed by atoms with van der Waals surface area (Å²) in [6.07, 6.45) is 1.72. The van der Waals surface area contributed by atoms with Gasteiger partial charge in [-0.15, -0.1) is 0 Å². The van der Waals surface area contributed by atoms with Crippen molar-refractivity contribution < 1.29 is 22.7 Å². The lowest BCUT2D eigenvalue weighted by molar-refractivity contribution is -0.118. The summed E-state index contributed by atoms with van der Waals surface area (Å²) in [5, 5.41) is 8.92. The number of nitrogens with zero attached hydrogens (tertiary/aromatic N) is 3. The van der Waals surface area contributed by atoms with Crippen molar-refractivity contribution in [2.45, 2.75) is 38.5 Å². The van der Waals surface area contributed by atoms with Crippen molar-refractivity contribution in [3.63, 3.8) is 0 Å². The van der Waals surface area contributed by atoms with Gasteiger partial charge in [0.25, 0.3) is 5.91 Å². The number of rotatable bonds is 8. The summed E-state index contributed by atoms with van der Waals surface area (Å²) in [5.41, 5.74) is 6.97. The third kappa shape index (κ3) is 5.05. The van der Waals surface area contributed by atoms with Crippen LogP contribution in [0.2, 0.25) is 0 Å². The van der Waals surface area contributed by atoms with E-state index >= 15 is 0 Å². The molecule has 2 aliphatic rings. The molecule has 0 saturated carbocycles. The monoisotopic (exact) mass is 465 g/mol. The van der Waals surface area contributed by atoms with E-state index in [0.717, 1.165) is 12.8 Å². The maximum atomic E-state index is 13.2. The Bertz CT molecular complexity index is 1010. The number of carbonyl (C=O) groups is 1. The van der Waals surface area contributed by atoms with Gasteiger partial charge in [-0.25, -0.2) is 8.42 Å². The number of allylic oxidation sites excluding steroid dienone is 1. The van der Waals surface area contributed by atoms with Gasteiger partial charge in [0.2, 0.25) is 10.0 Å². The normalized spacial score (nSPS) is 19.4. The van der Waals surface area contributed by atoms with E-state index in [0.29, 0.717) is 43.4 Å². The highest BCUT2D eigenvalue weighted by Gasteiger charge is 2.31. The number of hydrazone groups is 1. The number of ether oxygens (including phenoxy) is 2. The molecule has 2 aliphatic heterocycles. The molecule has 176 valence electrons. The van der Waals surface area contributed by atoms with Gasteiger partial charge < -0.3 is 20.5 Å². The quantitative estimate of drug-likeness (QED) is 0.552. The van der Waals surface area contributed by atoms with Crippen LogP contribution in [0.3, 0.4) is 0 Å². The van der Waals surface area contributed by atoms with E-state index < -0.39 is 15.9 Å². The van der Waals surface area contributed by atoms with Crippen LogP contribution in [0.1, 0.15) is 39.2 Å². The minimum absolute atomic E-state index is 0.103. The molecule has 0 atom stereocenters. The number of nitrogens with two attached hydrogens (primary N) is 1. The van der Waals surface area contributed by atoms with Crippen molar-refractivity contribution in [1.29, 1.82) is 0 Å². The van der Waals surface area contributed by atoms with Gasteiger partial charge in [-0.3, -0.25) is 9.80 Å². The summed E-state index contributed by atoms with van der Waals surface area (Å²) in [4.78, 5) is 12.9. The van der Waals surface area contributed by atoms with Gasteiger partial charge in [0.15, 0.2) is 5.84 Å². The van der Waals surface area contributed by atoms with Crippen LogP contribution in [0.5, 0.6) is 5.75 Å². The zero-order valence-electron chi connectivity index (χ0n) is 18.8. The topological polar surface area (TPSA) is 127 Å². The molecule has 1 aromatic rings. The van der Waals surface area contributed by atoms with Crippen molar-refractivity contribution >= 4 is 21.8 Å². The van der Waals surface area contributed by atoms with Crippen LogP contribution in [0.15, 0.2) is 39.6 Å². The molecule has 0 bridgehead atoms. The van der Waals surface area contributed by atoms with Crippen LogP contribution < -0.4 is 15.8 Å². The standard InChI is InChI=1S/C21H31N5O5S/c1-4-6-9-26-19(15(3)22)21(27)23-20(24-26)17-14-16(7-8-18(17)31-5-2)32(28,29)25-10-12-30-13-11-25/h7-8,14H,4-6,9-13,22H2,1-3H3,(H,23,24,27)/b19-15-. The zero-order valence-corrected chi connectivity index (χ0v) is 19.6. The Morgan fingerprint density at radius 1 is 1.28 bits per heavy atom. The zero-order chi connectivity index (χ0) is 23.3. The van der Waals surface area contributed by atoms with E-state index in [-0.39, 0.29) is 29.5 Å². The smallest absolute Gasteiger partial charge is 0.276 e. The SMILES string of the molecule is CCCCN1N=C(c2cc(S(=O)(=O)N3CCOCC3)ccc2OCC)NC(=O)/C1=C(\C)N. The molecular formula is C21H31N5O5S. The molecule has 1 fully saturated rings. The molecule has 10 nitrogen and oxygen atoms in total. The highest BCUT2D eigenvalue weighted by atomic mass is 32.2. The number of amidine groups is 1. The fourth-order valence-electron chi connectivity index (χ4n) is 3.53. The molecule has 11 heteroatoms. The van der Waals surface area contributed by atoms with E-state index in [1.165, 1.54) is 16.4 Å². The van der Waals surface area contributed by atoms with E-state index in [1.54, 1.807) is 18.0 Å². The highest BCUT2D eigenvalue weighted by molar-refractivity contribution is 7.89. The fourth-order valence-corrected chi connectivity index (χ4v) is 4.96. The molecule has 3 rings (SSSR count). The van der Waals surface area contributed by atoms with Crippen LogP contribution in [0, 0.1) is 0 Å².